The van der Waals surface area contributed by atoms with Crippen molar-refractivity contribution in [3.8, 4) is 10.4 Å². The van der Waals surface area contributed by atoms with E-state index in [1.807, 2.05) is 48.1 Å². The average molecular weight is 484 g/mol. The topological polar surface area (TPSA) is 62.6 Å². The summed E-state index contributed by atoms with van der Waals surface area (Å²) in [5.41, 5.74) is 5.18. The lowest BCUT2D eigenvalue weighted by Crippen LogP contribution is -2.49. The maximum atomic E-state index is 12.4. The highest BCUT2D eigenvalue weighted by Crippen LogP contribution is 2.36. The van der Waals surface area contributed by atoms with Gasteiger partial charge in [-0.05, 0) is 37.7 Å². The molecule has 3 heterocycles. The Labute approximate surface area is 204 Å². The molecule has 0 radical (unpaired) electrons. The van der Waals surface area contributed by atoms with E-state index in [0.29, 0.717) is 10.7 Å². The first kappa shape index (κ1) is 23.4. The van der Waals surface area contributed by atoms with Gasteiger partial charge < -0.3 is 15.0 Å². The van der Waals surface area contributed by atoms with Gasteiger partial charge in [-0.3, -0.25) is 9.58 Å². The molecule has 9 heteroatoms. The third-order valence-corrected chi connectivity index (χ3v) is 7.58. The van der Waals surface area contributed by atoms with Crippen LogP contribution in [0, 0.1) is 13.8 Å². The van der Waals surface area contributed by atoms with Crippen molar-refractivity contribution in [1.29, 1.82) is 0 Å². The number of ether oxygens (including phenoxy) is 1. The number of piperazine rings is 1. The fourth-order valence-corrected chi connectivity index (χ4v) is 5.45. The number of hydrogen-bond acceptors (Lipinski definition) is 6. The van der Waals surface area contributed by atoms with Gasteiger partial charge in [0.15, 0.2) is 5.11 Å². The molecule has 0 amide bonds. The molecule has 2 aromatic heterocycles. The van der Waals surface area contributed by atoms with E-state index in [1.165, 1.54) is 29.7 Å². The summed E-state index contributed by atoms with van der Waals surface area (Å²) in [5.74, 6) is -0.370. The average Bonchev–Trinajstić information content (AvgIpc) is 3.35. The van der Waals surface area contributed by atoms with E-state index < -0.39 is 0 Å². The molecule has 4 rings (SSSR count). The van der Waals surface area contributed by atoms with E-state index in [-0.39, 0.29) is 5.97 Å². The molecule has 1 aromatic carbocycles. The van der Waals surface area contributed by atoms with Crippen LogP contribution in [0.2, 0.25) is 0 Å². The Morgan fingerprint density at radius 3 is 2.48 bits per heavy atom. The minimum Gasteiger partial charge on any atom is -0.465 e. The predicted molar refractivity (Wildman–Crippen MR) is 137 cm³/mol. The zero-order chi connectivity index (χ0) is 23.5. The highest BCUT2D eigenvalue weighted by molar-refractivity contribution is 7.80. The minimum absolute atomic E-state index is 0.370. The number of carbonyl (C=O) groups excluding carboxylic acids is 1. The van der Waals surface area contributed by atoms with Crippen molar-refractivity contribution in [2.75, 3.05) is 38.6 Å². The first-order chi connectivity index (χ1) is 15.9. The van der Waals surface area contributed by atoms with Gasteiger partial charge in [0.05, 0.1) is 18.4 Å². The summed E-state index contributed by atoms with van der Waals surface area (Å²) in [7, 11) is 3.39. The molecule has 1 N–H and O–H groups in total. The van der Waals surface area contributed by atoms with Crippen molar-refractivity contribution in [3.05, 3.63) is 58.9 Å². The number of thiophene rings is 1. The van der Waals surface area contributed by atoms with Gasteiger partial charge >= 0.3 is 5.97 Å². The first-order valence-corrected chi connectivity index (χ1v) is 12.1. The molecule has 1 saturated heterocycles. The Hall–Kier alpha value is -2.75. The van der Waals surface area contributed by atoms with Crippen LogP contribution in [0.1, 0.15) is 27.3 Å². The second-order valence-electron chi connectivity index (χ2n) is 8.18. The molecule has 0 saturated carbocycles. The smallest absolute Gasteiger partial charge is 0.340 e. The summed E-state index contributed by atoms with van der Waals surface area (Å²) in [5, 5.41) is 9.20. The number of carbonyl (C=O) groups is 1. The molecule has 1 fully saturated rings. The number of rotatable bonds is 5. The van der Waals surface area contributed by atoms with E-state index in [2.05, 4.69) is 34.1 Å². The number of hydrogen-bond donors (Lipinski definition) is 1. The zero-order valence-corrected chi connectivity index (χ0v) is 21.1. The van der Waals surface area contributed by atoms with Gasteiger partial charge in [0.2, 0.25) is 0 Å². The number of aryl methyl sites for hydroxylation is 2. The second kappa shape index (κ2) is 10.0. The Bertz CT molecular complexity index is 1150. The quantitative estimate of drug-likeness (QED) is 0.434. The van der Waals surface area contributed by atoms with Crippen molar-refractivity contribution in [2.24, 2.45) is 7.05 Å². The molecule has 0 aliphatic carbocycles. The Kier molecular flexibility index (Phi) is 7.11. The van der Waals surface area contributed by atoms with Crippen molar-refractivity contribution in [3.63, 3.8) is 0 Å². The molecule has 0 spiro atoms. The van der Waals surface area contributed by atoms with E-state index in [4.69, 9.17) is 17.0 Å². The maximum absolute atomic E-state index is 12.4. The number of nitrogens with one attached hydrogen (secondary N) is 1. The zero-order valence-electron chi connectivity index (χ0n) is 19.4. The minimum atomic E-state index is -0.370. The van der Waals surface area contributed by atoms with E-state index in [9.17, 15) is 4.79 Å². The summed E-state index contributed by atoms with van der Waals surface area (Å²) in [4.78, 5) is 18.0. The molecule has 33 heavy (non-hydrogen) atoms. The number of benzene rings is 1. The van der Waals surface area contributed by atoms with Crippen LogP contribution in [0.25, 0.3) is 10.4 Å². The largest absolute Gasteiger partial charge is 0.465 e. The fraction of sp³-hybridized carbons (Fsp3) is 0.375. The van der Waals surface area contributed by atoms with E-state index in [1.54, 1.807) is 0 Å². The summed E-state index contributed by atoms with van der Waals surface area (Å²) >= 11 is 7.23. The van der Waals surface area contributed by atoms with Gasteiger partial charge in [-0.2, -0.15) is 5.10 Å². The standard InChI is InChI=1S/C24H29N5O2S2/c1-16-20(17(2)27(3)26-16)15-28-10-12-29(13-11-28)24(32)25-22-19(23(30)31-4)14-21(33-22)18-8-6-5-7-9-18/h5-9,14H,10-13,15H2,1-4H3,(H,25,32). The van der Waals surface area contributed by atoms with Gasteiger partial charge in [0, 0.05) is 55.9 Å². The van der Waals surface area contributed by atoms with Crippen LogP contribution in [0.15, 0.2) is 36.4 Å². The van der Waals surface area contributed by atoms with Crippen LogP contribution in [0.4, 0.5) is 5.00 Å². The van der Waals surface area contributed by atoms with Gasteiger partial charge in [0.25, 0.3) is 0 Å². The summed E-state index contributed by atoms with van der Waals surface area (Å²) in [6, 6.07) is 11.9. The van der Waals surface area contributed by atoms with Gasteiger partial charge in [-0.1, -0.05) is 30.3 Å². The van der Waals surface area contributed by atoms with Crippen LogP contribution in [0.5, 0.6) is 0 Å². The first-order valence-electron chi connectivity index (χ1n) is 10.9. The van der Waals surface area contributed by atoms with Crippen molar-refractivity contribution in [2.45, 2.75) is 20.4 Å². The maximum Gasteiger partial charge on any atom is 0.340 e. The molecule has 0 unspecified atom stereocenters. The number of nitrogens with zero attached hydrogens (tertiary/aromatic N) is 4. The number of esters is 1. The normalized spacial score (nSPS) is 14.4. The Morgan fingerprint density at radius 1 is 1.18 bits per heavy atom. The molecule has 1 aliphatic heterocycles. The Balaban J connectivity index is 1.41. The van der Waals surface area contributed by atoms with E-state index >= 15 is 0 Å². The monoisotopic (exact) mass is 483 g/mol. The summed E-state index contributed by atoms with van der Waals surface area (Å²) in [6.07, 6.45) is 0. The van der Waals surface area contributed by atoms with Gasteiger partial charge in [-0.25, -0.2) is 4.79 Å². The van der Waals surface area contributed by atoms with Crippen molar-refractivity contribution >= 4 is 39.6 Å². The van der Waals surface area contributed by atoms with Crippen LogP contribution >= 0.6 is 23.6 Å². The predicted octanol–water partition coefficient (Wildman–Crippen LogP) is 4.07. The third kappa shape index (κ3) is 5.10. The molecular formula is C24H29N5O2S2. The third-order valence-electron chi connectivity index (χ3n) is 6.12. The molecular weight excluding hydrogens is 454 g/mol. The molecule has 0 atom stereocenters. The lowest BCUT2D eigenvalue weighted by molar-refractivity contribution is 0.0602. The molecule has 3 aromatic rings. The molecule has 1 aliphatic rings. The highest BCUT2D eigenvalue weighted by atomic mass is 32.1. The second-order valence-corrected chi connectivity index (χ2v) is 9.62. The lowest BCUT2D eigenvalue weighted by atomic mass is 10.1. The van der Waals surface area contributed by atoms with Crippen LogP contribution in [-0.4, -0.2) is 64.0 Å². The SMILES string of the molecule is COC(=O)c1cc(-c2ccccc2)sc1NC(=S)N1CCN(Cc2c(C)nn(C)c2C)CC1. The fourth-order valence-electron chi connectivity index (χ4n) is 4.05. The summed E-state index contributed by atoms with van der Waals surface area (Å²) < 4.78 is 6.95. The van der Waals surface area contributed by atoms with Crippen LogP contribution in [-0.2, 0) is 18.3 Å². The summed E-state index contributed by atoms with van der Waals surface area (Å²) in [6.45, 7) is 8.58. The number of anilines is 1. The molecule has 7 nitrogen and oxygen atoms in total. The number of methoxy groups -OCH3 is 1. The molecule has 0 bridgehead atoms. The Morgan fingerprint density at radius 2 is 1.88 bits per heavy atom. The lowest BCUT2D eigenvalue weighted by Gasteiger charge is -2.36. The van der Waals surface area contributed by atoms with Crippen molar-refractivity contribution < 1.29 is 9.53 Å². The molecule has 174 valence electrons. The van der Waals surface area contributed by atoms with Crippen molar-refractivity contribution in [1.82, 2.24) is 19.6 Å². The van der Waals surface area contributed by atoms with Crippen LogP contribution < -0.4 is 5.32 Å². The van der Waals surface area contributed by atoms with E-state index in [0.717, 1.165) is 53.9 Å². The number of thiocarbonyl (C=S) groups is 1. The van der Waals surface area contributed by atoms with Gasteiger partial charge in [0.1, 0.15) is 5.00 Å². The van der Waals surface area contributed by atoms with Gasteiger partial charge in [-0.15, -0.1) is 11.3 Å². The highest BCUT2D eigenvalue weighted by Gasteiger charge is 2.24. The van der Waals surface area contributed by atoms with Crippen LogP contribution in [0.3, 0.4) is 0 Å². The number of aromatic nitrogens is 2.